The number of ether oxygens (including phenoxy) is 1. The van der Waals surface area contributed by atoms with Gasteiger partial charge < -0.3 is 9.64 Å². The summed E-state index contributed by atoms with van der Waals surface area (Å²) < 4.78 is 8.46. The second kappa shape index (κ2) is 8.84. The van der Waals surface area contributed by atoms with Crippen LogP contribution in [0.15, 0.2) is 54.2 Å². The molecule has 1 aliphatic rings. The Morgan fingerprint density at radius 3 is 2.75 bits per heavy atom. The van der Waals surface area contributed by atoms with Crippen LogP contribution in [-0.2, 0) is 11.2 Å². The van der Waals surface area contributed by atoms with Crippen LogP contribution in [0.4, 0.5) is 0 Å². The molecule has 1 amide bonds. The Bertz CT molecular complexity index is 1230. The first-order valence-electron chi connectivity index (χ1n) is 10.9. The zero-order valence-electron chi connectivity index (χ0n) is 18.3. The fourth-order valence-corrected chi connectivity index (χ4v) is 5.26. The van der Waals surface area contributed by atoms with Gasteiger partial charge in [0.15, 0.2) is 0 Å². The number of amides is 1. The lowest BCUT2D eigenvalue weighted by Crippen LogP contribution is -2.41. The number of nitrogens with zero attached hydrogens (tertiary/aromatic N) is 4. The van der Waals surface area contributed by atoms with Gasteiger partial charge in [0, 0.05) is 38.7 Å². The second-order valence-corrected chi connectivity index (χ2v) is 9.20. The quantitative estimate of drug-likeness (QED) is 0.448. The Hall–Kier alpha value is -3.03. The Kier molecular flexibility index (Phi) is 5.76. The Balaban J connectivity index is 1.45. The SMILES string of the molecule is Cc1csc2c(Cc3ccc(-n4cccn4)cc3)cc(C(=O)N(C)C3CCOCC3)nc12. The number of hydrogen-bond acceptors (Lipinski definition) is 5. The lowest BCUT2D eigenvalue weighted by molar-refractivity contribution is 0.0359. The summed E-state index contributed by atoms with van der Waals surface area (Å²) in [5, 5.41) is 6.41. The van der Waals surface area contributed by atoms with Gasteiger partial charge >= 0.3 is 0 Å². The summed E-state index contributed by atoms with van der Waals surface area (Å²) in [6.45, 7) is 3.47. The minimum Gasteiger partial charge on any atom is -0.381 e. The van der Waals surface area contributed by atoms with Crippen LogP contribution in [0, 0.1) is 6.92 Å². The minimum atomic E-state index is -0.0142. The van der Waals surface area contributed by atoms with Gasteiger partial charge in [0.1, 0.15) is 5.69 Å². The molecule has 0 N–H and O–H groups in total. The fourth-order valence-electron chi connectivity index (χ4n) is 4.26. The molecule has 4 heterocycles. The van der Waals surface area contributed by atoms with Crippen molar-refractivity contribution in [3.8, 4) is 5.69 Å². The van der Waals surface area contributed by atoms with Crippen molar-refractivity contribution in [1.82, 2.24) is 19.7 Å². The van der Waals surface area contributed by atoms with Gasteiger partial charge in [-0.05, 0) is 72.5 Å². The average Bonchev–Trinajstić information content (AvgIpc) is 3.50. The van der Waals surface area contributed by atoms with E-state index in [0.29, 0.717) is 18.9 Å². The Labute approximate surface area is 191 Å². The van der Waals surface area contributed by atoms with E-state index in [4.69, 9.17) is 9.72 Å². The Morgan fingerprint density at radius 2 is 2.03 bits per heavy atom. The molecule has 1 saturated heterocycles. The molecule has 0 spiro atoms. The van der Waals surface area contributed by atoms with Crippen LogP contribution in [0.1, 0.15) is 40.0 Å². The molecule has 0 atom stereocenters. The molecule has 0 radical (unpaired) electrons. The van der Waals surface area contributed by atoms with Crippen molar-refractivity contribution in [2.24, 2.45) is 0 Å². The highest BCUT2D eigenvalue weighted by atomic mass is 32.1. The summed E-state index contributed by atoms with van der Waals surface area (Å²) in [6.07, 6.45) is 6.20. The molecular weight excluding hydrogens is 420 g/mol. The molecule has 1 aromatic carbocycles. The summed E-state index contributed by atoms with van der Waals surface area (Å²) in [5.74, 6) is -0.0142. The van der Waals surface area contributed by atoms with Crippen molar-refractivity contribution in [2.45, 2.75) is 32.2 Å². The normalized spacial score (nSPS) is 14.7. The van der Waals surface area contributed by atoms with Crippen molar-refractivity contribution < 1.29 is 9.53 Å². The number of aryl methyl sites for hydroxylation is 1. The van der Waals surface area contributed by atoms with Gasteiger partial charge in [0.2, 0.25) is 0 Å². The molecule has 5 rings (SSSR count). The number of carbonyl (C=O) groups is 1. The van der Waals surface area contributed by atoms with Gasteiger partial charge in [-0.1, -0.05) is 12.1 Å². The van der Waals surface area contributed by atoms with E-state index >= 15 is 0 Å². The van der Waals surface area contributed by atoms with Crippen LogP contribution >= 0.6 is 11.3 Å². The molecule has 0 unspecified atom stereocenters. The third-order valence-corrected chi connectivity index (χ3v) is 7.32. The fraction of sp³-hybridized carbons (Fsp3) is 0.320. The van der Waals surface area contributed by atoms with Crippen LogP contribution in [0.25, 0.3) is 15.9 Å². The summed E-state index contributed by atoms with van der Waals surface area (Å²) >= 11 is 1.70. The first-order valence-corrected chi connectivity index (χ1v) is 11.8. The van der Waals surface area contributed by atoms with E-state index in [2.05, 4.69) is 41.7 Å². The predicted molar refractivity (Wildman–Crippen MR) is 127 cm³/mol. The number of fused-ring (bicyclic) bond motifs is 1. The van der Waals surface area contributed by atoms with E-state index in [0.717, 1.165) is 46.3 Å². The summed E-state index contributed by atoms with van der Waals surface area (Å²) in [7, 11) is 1.89. The van der Waals surface area contributed by atoms with Gasteiger partial charge in [-0.2, -0.15) is 5.10 Å². The number of carbonyl (C=O) groups excluding carboxylic acids is 1. The maximum atomic E-state index is 13.3. The lowest BCUT2D eigenvalue weighted by Gasteiger charge is -2.31. The summed E-state index contributed by atoms with van der Waals surface area (Å²) in [5.41, 5.74) is 5.93. The van der Waals surface area contributed by atoms with E-state index < -0.39 is 0 Å². The van der Waals surface area contributed by atoms with Gasteiger partial charge in [-0.3, -0.25) is 4.79 Å². The maximum Gasteiger partial charge on any atom is 0.272 e. The highest BCUT2D eigenvalue weighted by Crippen LogP contribution is 2.30. The monoisotopic (exact) mass is 446 g/mol. The highest BCUT2D eigenvalue weighted by molar-refractivity contribution is 7.17. The first-order chi connectivity index (χ1) is 15.6. The van der Waals surface area contributed by atoms with Crippen molar-refractivity contribution in [3.05, 3.63) is 76.6 Å². The van der Waals surface area contributed by atoms with Crippen LogP contribution in [0.5, 0.6) is 0 Å². The molecule has 0 saturated carbocycles. The third kappa shape index (κ3) is 4.06. The molecule has 1 aliphatic heterocycles. The van der Waals surface area contributed by atoms with E-state index in [1.54, 1.807) is 17.5 Å². The standard InChI is InChI=1S/C25H26N4O2S/c1-17-16-32-24-19(14-18-4-6-21(7-5-18)29-11-3-10-26-29)15-22(27-23(17)24)25(30)28(2)20-8-12-31-13-9-20/h3-7,10-11,15-16,20H,8-9,12-14H2,1-2H3. The smallest absolute Gasteiger partial charge is 0.272 e. The number of pyridine rings is 1. The number of rotatable bonds is 5. The van der Waals surface area contributed by atoms with Crippen molar-refractivity contribution >= 4 is 27.5 Å². The summed E-state index contributed by atoms with van der Waals surface area (Å²) in [6, 6.07) is 12.5. The predicted octanol–water partition coefficient (Wildman–Crippen LogP) is 4.63. The van der Waals surface area contributed by atoms with Crippen LogP contribution in [0.3, 0.4) is 0 Å². The van der Waals surface area contributed by atoms with Gasteiger partial charge in [0.05, 0.1) is 15.9 Å². The molecule has 4 aromatic rings. The molecule has 7 heteroatoms. The molecule has 6 nitrogen and oxygen atoms in total. The van der Waals surface area contributed by atoms with Crippen molar-refractivity contribution in [2.75, 3.05) is 20.3 Å². The van der Waals surface area contributed by atoms with Crippen LogP contribution < -0.4 is 0 Å². The third-order valence-electron chi connectivity index (χ3n) is 6.15. The molecule has 32 heavy (non-hydrogen) atoms. The zero-order valence-corrected chi connectivity index (χ0v) is 19.1. The van der Waals surface area contributed by atoms with Gasteiger partial charge in [-0.25, -0.2) is 9.67 Å². The van der Waals surface area contributed by atoms with Crippen molar-refractivity contribution in [3.63, 3.8) is 0 Å². The minimum absolute atomic E-state index is 0.0142. The largest absolute Gasteiger partial charge is 0.381 e. The molecule has 0 bridgehead atoms. The van der Waals surface area contributed by atoms with Crippen LogP contribution in [0.2, 0.25) is 0 Å². The van der Waals surface area contributed by atoms with E-state index in [1.807, 2.05) is 35.0 Å². The maximum absolute atomic E-state index is 13.3. The molecule has 1 fully saturated rings. The van der Waals surface area contributed by atoms with E-state index in [-0.39, 0.29) is 11.9 Å². The number of benzene rings is 1. The molecule has 0 aliphatic carbocycles. The first kappa shape index (κ1) is 20.8. The lowest BCUT2D eigenvalue weighted by atomic mass is 10.0. The molecular formula is C25H26N4O2S. The van der Waals surface area contributed by atoms with E-state index in [1.165, 1.54) is 5.56 Å². The number of thiophene rings is 1. The Morgan fingerprint density at radius 1 is 1.25 bits per heavy atom. The van der Waals surface area contributed by atoms with Gasteiger partial charge in [-0.15, -0.1) is 11.3 Å². The zero-order chi connectivity index (χ0) is 22.1. The molecule has 164 valence electrons. The van der Waals surface area contributed by atoms with E-state index in [9.17, 15) is 4.79 Å². The number of hydrogen-bond donors (Lipinski definition) is 0. The average molecular weight is 447 g/mol. The van der Waals surface area contributed by atoms with Crippen molar-refractivity contribution in [1.29, 1.82) is 0 Å². The molecule has 3 aromatic heterocycles. The number of aromatic nitrogens is 3. The summed E-state index contributed by atoms with van der Waals surface area (Å²) in [4.78, 5) is 19.9. The topological polar surface area (TPSA) is 60.2 Å². The van der Waals surface area contributed by atoms with Gasteiger partial charge in [0.25, 0.3) is 5.91 Å². The van der Waals surface area contributed by atoms with Crippen LogP contribution in [-0.4, -0.2) is 51.9 Å². The second-order valence-electron chi connectivity index (χ2n) is 8.32. The highest BCUT2D eigenvalue weighted by Gasteiger charge is 2.25.